The van der Waals surface area contributed by atoms with Gasteiger partial charge in [0.2, 0.25) is 0 Å². The highest BCUT2D eigenvalue weighted by Gasteiger charge is 2.32. The Morgan fingerprint density at radius 2 is 2.14 bits per heavy atom. The van der Waals surface area contributed by atoms with Crippen molar-refractivity contribution in [1.82, 2.24) is 4.90 Å². The van der Waals surface area contributed by atoms with E-state index in [4.69, 9.17) is 23.2 Å². The van der Waals surface area contributed by atoms with E-state index in [1.54, 1.807) is 0 Å². The van der Waals surface area contributed by atoms with Gasteiger partial charge in [0.25, 0.3) is 0 Å². The summed E-state index contributed by atoms with van der Waals surface area (Å²) < 4.78 is 0. The maximum absolute atomic E-state index is 6.29. The highest BCUT2D eigenvalue weighted by Crippen LogP contribution is 2.34. The van der Waals surface area contributed by atoms with Gasteiger partial charge in [-0.25, -0.2) is 0 Å². The first kappa shape index (κ1) is 10.1. The molecule has 14 heavy (non-hydrogen) atoms. The zero-order valence-electron chi connectivity index (χ0n) is 8.38. The van der Waals surface area contributed by atoms with Gasteiger partial charge in [0.15, 0.2) is 0 Å². The van der Waals surface area contributed by atoms with Gasteiger partial charge in [-0.1, -0.05) is 23.2 Å². The number of allylic oxidation sites excluding steroid dienone is 1. The average molecular weight is 231 g/mol. The SMILES string of the molecule is CC1=C2C(=N[C@H]1C)C=C(Cl)N(C)C2Cl. The molecule has 0 aromatic carbocycles. The topological polar surface area (TPSA) is 15.6 Å². The molecule has 0 aliphatic carbocycles. The molecule has 0 aromatic rings. The lowest BCUT2D eigenvalue weighted by Gasteiger charge is -2.30. The van der Waals surface area contributed by atoms with Crippen LogP contribution in [0.15, 0.2) is 27.4 Å². The lowest BCUT2D eigenvalue weighted by molar-refractivity contribution is 0.445. The van der Waals surface area contributed by atoms with E-state index in [9.17, 15) is 0 Å². The second-order valence-electron chi connectivity index (χ2n) is 3.70. The van der Waals surface area contributed by atoms with Crippen molar-refractivity contribution in [2.45, 2.75) is 25.4 Å². The van der Waals surface area contributed by atoms with Gasteiger partial charge < -0.3 is 4.90 Å². The first-order valence-electron chi connectivity index (χ1n) is 4.55. The van der Waals surface area contributed by atoms with Crippen LogP contribution in [0.1, 0.15) is 13.8 Å². The second-order valence-corrected chi connectivity index (χ2v) is 4.50. The molecule has 0 radical (unpaired) electrons. The third-order valence-corrected chi connectivity index (χ3v) is 3.72. The largest absolute Gasteiger partial charge is 0.345 e. The Morgan fingerprint density at radius 1 is 1.50 bits per heavy atom. The minimum atomic E-state index is -0.184. The Kier molecular flexibility index (Phi) is 2.36. The van der Waals surface area contributed by atoms with Gasteiger partial charge in [0.05, 0.1) is 11.8 Å². The van der Waals surface area contributed by atoms with Crippen LogP contribution in [0.2, 0.25) is 0 Å². The van der Waals surface area contributed by atoms with Crippen molar-refractivity contribution in [1.29, 1.82) is 0 Å². The summed E-state index contributed by atoms with van der Waals surface area (Å²) in [7, 11) is 1.89. The highest BCUT2D eigenvalue weighted by molar-refractivity contribution is 6.36. The molecular weight excluding hydrogens is 219 g/mol. The Bertz CT molecular complexity index is 368. The number of nitrogens with zero attached hydrogens (tertiary/aromatic N) is 2. The predicted octanol–water partition coefficient (Wildman–Crippen LogP) is 2.74. The van der Waals surface area contributed by atoms with E-state index in [-0.39, 0.29) is 11.5 Å². The van der Waals surface area contributed by atoms with Crippen LogP contribution in [0.25, 0.3) is 0 Å². The van der Waals surface area contributed by atoms with Crippen molar-refractivity contribution in [2.24, 2.45) is 4.99 Å². The van der Waals surface area contributed by atoms with Crippen LogP contribution in [-0.4, -0.2) is 29.2 Å². The fourth-order valence-electron chi connectivity index (χ4n) is 1.74. The summed E-state index contributed by atoms with van der Waals surface area (Å²) >= 11 is 12.3. The zero-order chi connectivity index (χ0) is 10.5. The monoisotopic (exact) mass is 230 g/mol. The molecule has 2 aliphatic heterocycles. The standard InChI is InChI=1S/C10H12Cl2N2/c1-5-6(2)13-7-4-8(11)14(3)10(12)9(5)7/h4,6,10H,1-3H3/t6-,10?/m0/s1. The molecule has 0 bridgehead atoms. The van der Waals surface area contributed by atoms with Crippen LogP contribution in [0.4, 0.5) is 0 Å². The highest BCUT2D eigenvalue weighted by atomic mass is 35.5. The van der Waals surface area contributed by atoms with Crippen molar-refractivity contribution < 1.29 is 0 Å². The molecule has 4 heteroatoms. The van der Waals surface area contributed by atoms with Gasteiger partial charge in [-0.2, -0.15) is 0 Å². The molecule has 0 spiro atoms. The lowest BCUT2D eigenvalue weighted by Crippen LogP contribution is -2.33. The maximum atomic E-state index is 6.29. The number of fused-ring (bicyclic) bond motifs is 1. The van der Waals surface area contributed by atoms with Crippen LogP contribution in [0.5, 0.6) is 0 Å². The molecule has 0 N–H and O–H groups in total. The van der Waals surface area contributed by atoms with E-state index >= 15 is 0 Å². The summed E-state index contributed by atoms with van der Waals surface area (Å²) in [6.07, 6.45) is 1.88. The molecule has 0 saturated carbocycles. The normalized spacial score (nSPS) is 31.6. The molecule has 0 fully saturated rings. The van der Waals surface area contributed by atoms with Crippen molar-refractivity contribution in [3.8, 4) is 0 Å². The molecule has 2 atom stereocenters. The first-order valence-corrected chi connectivity index (χ1v) is 5.36. The van der Waals surface area contributed by atoms with E-state index in [1.165, 1.54) is 5.57 Å². The van der Waals surface area contributed by atoms with Crippen molar-refractivity contribution in [2.75, 3.05) is 7.05 Å². The maximum Gasteiger partial charge on any atom is 0.132 e. The molecule has 76 valence electrons. The summed E-state index contributed by atoms with van der Waals surface area (Å²) in [5, 5.41) is 0.648. The summed E-state index contributed by atoms with van der Waals surface area (Å²) in [5.41, 5.74) is 3.12. The Labute approximate surface area is 93.9 Å². The third kappa shape index (κ3) is 1.29. The Balaban J connectivity index is 2.53. The zero-order valence-corrected chi connectivity index (χ0v) is 9.89. The lowest BCUT2D eigenvalue weighted by atomic mass is 10.0. The molecule has 2 rings (SSSR count). The fraction of sp³-hybridized carbons (Fsp3) is 0.500. The average Bonchev–Trinajstić information content (AvgIpc) is 2.39. The van der Waals surface area contributed by atoms with Gasteiger partial charge >= 0.3 is 0 Å². The number of rotatable bonds is 0. The van der Waals surface area contributed by atoms with Crippen LogP contribution >= 0.6 is 23.2 Å². The predicted molar refractivity (Wildman–Crippen MR) is 60.9 cm³/mol. The molecule has 0 amide bonds. The fourth-order valence-corrected chi connectivity index (χ4v) is 2.38. The van der Waals surface area contributed by atoms with Gasteiger partial charge in [0, 0.05) is 12.6 Å². The quantitative estimate of drug-likeness (QED) is 0.462. The van der Waals surface area contributed by atoms with Crippen LogP contribution in [0.3, 0.4) is 0 Å². The number of aliphatic imine (C=N–C) groups is 1. The minimum Gasteiger partial charge on any atom is -0.345 e. The summed E-state index contributed by atoms with van der Waals surface area (Å²) in [6.45, 7) is 4.14. The van der Waals surface area contributed by atoms with E-state index in [2.05, 4.69) is 18.8 Å². The van der Waals surface area contributed by atoms with Gasteiger partial charge in [-0.05, 0) is 25.5 Å². The van der Waals surface area contributed by atoms with Gasteiger partial charge in [0.1, 0.15) is 10.7 Å². The van der Waals surface area contributed by atoms with E-state index in [0.717, 1.165) is 11.3 Å². The van der Waals surface area contributed by atoms with Crippen LogP contribution in [-0.2, 0) is 0 Å². The number of hydrogen-bond acceptors (Lipinski definition) is 2. The van der Waals surface area contributed by atoms with Gasteiger partial charge in [-0.15, -0.1) is 0 Å². The summed E-state index contributed by atoms with van der Waals surface area (Å²) in [4.78, 5) is 6.34. The summed E-state index contributed by atoms with van der Waals surface area (Å²) in [6, 6.07) is 0.230. The van der Waals surface area contributed by atoms with E-state index < -0.39 is 0 Å². The van der Waals surface area contributed by atoms with Gasteiger partial charge in [-0.3, -0.25) is 4.99 Å². The third-order valence-electron chi connectivity index (χ3n) is 2.83. The Hall–Kier alpha value is -0.470. The molecule has 2 heterocycles. The number of likely N-dealkylation sites (N-methyl/N-ethyl adjacent to an activating group) is 1. The first-order chi connectivity index (χ1) is 6.52. The van der Waals surface area contributed by atoms with Crippen LogP contribution < -0.4 is 0 Å². The summed E-state index contributed by atoms with van der Waals surface area (Å²) in [5.74, 6) is 0. The number of alkyl halides is 1. The minimum absolute atomic E-state index is 0.184. The van der Waals surface area contributed by atoms with E-state index in [0.29, 0.717) is 5.16 Å². The molecule has 0 aromatic heterocycles. The molecule has 2 aliphatic rings. The Morgan fingerprint density at radius 3 is 2.79 bits per heavy atom. The van der Waals surface area contributed by atoms with Crippen molar-refractivity contribution >= 4 is 28.9 Å². The van der Waals surface area contributed by atoms with Crippen LogP contribution in [0, 0.1) is 0 Å². The smallest absolute Gasteiger partial charge is 0.132 e. The van der Waals surface area contributed by atoms with Crippen molar-refractivity contribution in [3.63, 3.8) is 0 Å². The van der Waals surface area contributed by atoms with E-state index in [1.807, 2.05) is 18.0 Å². The number of halogens is 2. The van der Waals surface area contributed by atoms with Crippen molar-refractivity contribution in [3.05, 3.63) is 22.4 Å². The number of hydrogen-bond donors (Lipinski definition) is 0. The second kappa shape index (κ2) is 3.28. The molecule has 0 saturated heterocycles. The molecule has 1 unspecified atom stereocenters. The molecule has 2 nitrogen and oxygen atoms in total. The molecular formula is C10H12Cl2N2.